The van der Waals surface area contributed by atoms with Gasteiger partial charge in [-0.3, -0.25) is 14.5 Å². The number of piperazine rings is 1. The minimum atomic E-state index is 0.105. The normalized spacial score (nSPS) is 22.1. The Morgan fingerprint density at radius 1 is 1.04 bits per heavy atom. The first-order chi connectivity index (χ1) is 12.1. The molecule has 2 saturated heterocycles. The van der Waals surface area contributed by atoms with E-state index >= 15 is 0 Å². The van der Waals surface area contributed by atoms with Gasteiger partial charge in [0, 0.05) is 44.3 Å². The summed E-state index contributed by atoms with van der Waals surface area (Å²) >= 11 is 0. The molecule has 0 aromatic heterocycles. The van der Waals surface area contributed by atoms with Crippen molar-refractivity contribution in [3.63, 3.8) is 0 Å². The van der Waals surface area contributed by atoms with E-state index in [1.807, 2.05) is 41.0 Å². The highest BCUT2D eigenvalue weighted by molar-refractivity contribution is 5.95. The van der Waals surface area contributed by atoms with Crippen LogP contribution in [0.2, 0.25) is 0 Å². The maximum absolute atomic E-state index is 12.7. The van der Waals surface area contributed by atoms with E-state index in [1.54, 1.807) is 0 Å². The number of hydrogen-bond acceptors (Lipinski definition) is 3. The van der Waals surface area contributed by atoms with Crippen LogP contribution in [-0.4, -0.2) is 71.8 Å². The van der Waals surface area contributed by atoms with Crippen molar-refractivity contribution in [2.45, 2.75) is 39.2 Å². The molecular formula is C20H29N3O2. The van der Waals surface area contributed by atoms with Crippen LogP contribution < -0.4 is 0 Å². The summed E-state index contributed by atoms with van der Waals surface area (Å²) in [5.41, 5.74) is 1.80. The highest BCUT2D eigenvalue weighted by Gasteiger charge is 2.27. The first-order valence-electron chi connectivity index (χ1n) is 9.43. The highest BCUT2D eigenvalue weighted by Crippen LogP contribution is 2.17. The number of nitrogens with zero attached hydrogens (tertiary/aromatic N) is 3. The molecule has 0 bridgehead atoms. The van der Waals surface area contributed by atoms with Crippen LogP contribution in [0.1, 0.15) is 42.1 Å². The van der Waals surface area contributed by atoms with E-state index in [1.165, 1.54) is 6.42 Å². The molecular weight excluding hydrogens is 314 g/mol. The molecule has 2 heterocycles. The Morgan fingerprint density at radius 3 is 2.44 bits per heavy atom. The number of rotatable bonds is 3. The van der Waals surface area contributed by atoms with Gasteiger partial charge in [0.15, 0.2) is 0 Å². The lowest BCUT2D eigenvalue weighted by molar-refractivity contribution is -0.136. The third kappa shape index (κ3) is 4.21. The van der Waals surface area contributed by atoms with Crippen molar-refractivity contribution in [2.75, 3.05) is 39.3 Å². The summed E-state index contributed by atoms with van der Waals surface area (Å²) in [6, 6.07) is 8.10. The molecule has 0 saturated carbocycles. The van der Waals surface area contributed by atoms with Gasteiger partial charge in [-0.1, -0.05) is 18.2 Å². The lowest BCUT2D eigenvalue weighted by atomic mass is 10.0. The van der Waals surface area contributed by atoms with Gasteiger partial charge in [-0.15, -0.1) is 0 Å². The molecule has 5 heteroatoms. The summed E-state index contributed by atoms with van der Waals surface area (Å²) in [5.74, 6) is 0.347. The predicted molar refractivity (Wildman–Crippen MR) is 98.5 cm³/mol. The quantitative estimate of drug-likeness (QED) is 0.845. The van der Waals surface area contributed by atoms with Gasteiger partial charge in [-0.05, 0) is 44.7 Å². The summed E-state index contributed by atoms with van der Waals surface area (Å²) in [7, 11) is 0. The van der Waals surface area contributed by atoms with Crippen LogP contribution in [0.3, 0.4) is 0 Å². The van der Waals surface area contributed by atoms with E-state index in [0.717, 1.165) is 43.6 Å². The Balaban J connectivity index is 1.51. The van der Waals surface area contributed by atoms with Gasteiger partial charge < -0.3 is 9.80 Å². The molecule has 2 aliphatic rings. The molecule has 25 heavy (non-hydrogen) atoms. The molecule has 3 rings (SSSR count). The maximum Gasteiger partial charge on any atom is 0.254 e. The largest absolute Gasteiger partial charge is 0.339 e. The van der Waals surface area contributed by atoms with E-state index in [0.29, 0.717) is 25.7 Å². The van der Waals surface area contributed by atoms with Gasteiger partial charge in [0.25, 0.3) is 5.91 Å². The molecule has 136 valence electrons. The van der Waals surface area contributed by atoms with Crippen LogP contribution in [-0.2, 0) is 4.79 Å². The van der Waals surface area contributed by atoms with Crippen molar-refractivity contribution < 1.29 is 9.59 Å². The summed E-state index contributed by atoms with van der Waals surface area (Å²) in [6.07, 6.45) is 3.46. The maximum atomic E-state index is 12.7. The van der Waals surface area contributed by atoms with Crippen molar-refractivity contribution in [3.8, 4) is 0 Å². The van der Waals surface area contributed by atoms with Crippen LogP contribution in [0.5, 0.6) is 0 Å². The molecule has 0 N–H and O–H groups in total. The molecule has 0 radical (unpaired) electrons. The Morgan fingerprint density at radius 2 is 1.76 bits per heavy atom. The number of aryl methyl sites for hydroxylation is 1. The van der Waals surface area contributed by atoms with Crippen LogP contribution in [0, 0.1) is 6.92 Å². The first-order valence-corrected chi connectivity index (χ1v) is 9.43. The van der Waals surface area contributed by atoms with Gasteiger partial charge in [0.1, 0.15) is 0 Å². The predicted octanol–water partition coefficient (Wildman–Crippen LogP) is 2.15. The second kappa shape index (κ2) is 8.00. The zero-order valence-corrected chi connectivity index (χ0v) is 15.4. The molecule has 1 unspecified atom stereocenters. The second-order valence-corrected chi connectivity index (χ2v) is 7.32. The molecule has 5 nitrogen and oxygen atoms in total. The number of piperidine rings is 1. The van der Waals surface area contributed by atoms with E-state index in [-0.39, 0.29) is 11.8 Å². The number of carbonyl (C=O) groups excluding carboxylic acids is 2. The number of carbonyl (C=O) groups is 2. The van der Waals surface area contributed by atoms with Crippen molar-refractivity contribution in [2.24, 2.45) is 0 Å². The molecule has 0 aliphatic carbocycles. The van der Waals surface area contributed by atoms with E-state index in [9.17, 15) is 9.59 Å². The summed E-state index contributed by atoms with van der Waals surface area (Å²) < 4.78 is 0. The van der Waals surface area contributed by atoms with Crippen molar-refractivity contribution in [1.29, 1.82) is 0 Å². The van der Waals surface area contributed by atoms with Gasteiger partial charge >= 0.3 is 0 Å². The molecule has 2 fully saturated rings. The fourth-order valence-electron chi connectivity index (χ4n) is 3.84. The lowest BCUT2D eigenvalue weighted by Crippen LogP contribution is -2.53. The van der Waals surface area contributed by atoms with Gasteiger partial charge in [-0.2, -0.15) is 0 Å². The van der Waals surface area contributed by atoms with E-state index < -0.39 is 0 Å². The van der Waals surface area contributed by atoms with Crippen LogP contribution >= 0.6 is 0 Å². The van der Waals surface area contributed by atoms with Crippen molar-refractivity contribution >= 4 is 11.8 Å². The van der Waals surface area contributed by atoms with Crippen LogP contribution in [0.15, 0.2) is 24.3 Å². The molecule has 1 atom stereocenters. The number of likely N-dealkylation sites (tertiary alicyclic amines) is 1. The lowest BCUT2D eigenvalue weighted by Gasteiger charge is -2.38. The third-order valence-electron chi connectivity index (χ3n) is 5.52. The average Bonchev–Trinajstić information content (AvgIpc) is 2.62. The van der Waals surface area contributed by atoms with Gasteiger partial charge in [0.05, 0.1) is 6.54 Å². The smallest absolute Gasteiger partial charge is 0.254 e. The van der Waals surface area contributed by atoms with E-state index in [2.05, 4.69) is 11.8 Å². The van der Waals surface area contributed by atoms with Gasteiger partial charge in [0.2, 0.25) is 5.91 Å². The summed E-state index contributed by atoms with van der Waals surface area (Å²) in [5, 5.41) is 0. The second-order valence-electron chi connectivity index (χ2n) is 7.32. The number of benzene rings is 1. The molecule has 2 aliphatic heterocycles. The molecule has 0 spiro atoms. The fourth-order valence-corrected chi connectivity index (χ4v) is 3.84. The Labute approximate surface area is 150 Å². The summed E-state index contributed by atoms with van der Waals surface area (Å²) in [6.45, 7) is 8.42. The van der Waals surface area contributed by atoms with Gasteiger partial charge in [-0.25, -0.2) is 0 Å². The monoisotopic (exact) mass is 343 g/mol. The standard InChI is InChI=1S/C20H29N3O2/c1-16-7-3-4-9-18(16)20(25)22-13-11-21(12-14-22)15-19(24)23-10-6-5-8-17(23)2/h3-4,7,9,17H,5-6,8,10-15H2,1-2H3. The molecule has 1 aromatic rings. The first kappa shape index (κ1) is 17.9. The zero-order valence-electron chi connectivity index (χ0n) is 15.4. The van der Waals surface area contributed by atoms with Crippen molar-refractivity contribution in [3.05, 3.63) is 35.4 Å². The Bertz CT molecular complexity index is 623. The minimum Gasteiger partial charge on any atom is -0.339 e. The third-order valence-corrected chi connectivity index (χ3v) is 5.52. The fraction of sp³-hybridized carbons (Fsp3) is 0.600. The SMILES string of the molecule is Cc1ccccc1C(=O)N1CCN(CC(=O)N2CCCCC2C)CC1. The molecule has 2 amide bonds. The summed E-state index contributed by atoms with van der Waals surface area (Å²) in [4.78, 5) is 31.4. The number of amides is 2. The highest BCUT2D eigenvalue weighted by atomic mass is 16.2. The van der Waals surface area contributed by atoms with E-state index in [4.69, 9.17) is 0 Å². The molecule has 1 aromatic carbocycles. The Kier molecular flexibility index (Phi) is 5.74. The topological polar surface area (TPSA) is 43.9 Å². The van der Waals surface area contributed by atoms with Crippen LogP contribution in [0.4, 0.5) is 0 Å². The zero-order chi connectivity index (χ0) is 17.8. The van der Waals surface area contributed by atoms with Crippen molar-refractivity contribution in [1.82, 2.24) is 14.7 Å². The number of hydrogen-bond donors (Lipinski definition) is 0. The Hall–Kier alpha value is -1.88. The van der Waals surface area contributed by atoms with Crippen LogP contribution in [0.25, 0.3) is 0 Å². The minimum absolute atomic E-state index is 0.105. The average molecular weight is 343 g/mol.